The molecule has 4 heteroatoms. The fourth-order valence-corrected chi connectivity index (χ4v) is 1.90. The minimum atomic E-state index is -0.0902. The zero-order valence-corrected chi connectivity index (χ0v) is 9.12. The van der Waals surface area contributed by atoms with Crippen LogP contribution in [-0.4, -0.2) is 11.8 Å². The molecule has 0 radical (unpaired) electrons. The molecule has 0 aromatic heterocycles. The highest BCUT2D eigenvalue weighted by Gasteiger charge is 2.22. The van der Waals surface area contributed by atoms with Gasteiger partial charge in [-0.2, -0.15) is 0 Å². The van der Waals surface area contributed by atoms with Gasteiger partial charge in [0.1, 0.15) is 0 Å². The van der Waals surface area contributed by atoms with E-state index in [1.54, 1.807) is 0 Å². The Kier molecular flexibility index (Phi) is 2.90. The summed E-state index contributed by atoms with van der Waals surface area (Å²) in [5, 5.41) is 5.63. The van der Waals surface area contributed by atoms with E-state index in [0.717, 1.165) is 17.7 Å². The molecular weight excluding hydrogens is 204 g/mol. The van der Waals surface area contributed by atoms with Gasteiger partial charge in [0, 0.05) is 19.0 Å². The highest BCUT2D eigenvalue weighted by molar-refractivity contribution is 5.88. The molecule has 1 atom stereocenters. The van der Waals surface area contributed by atoms with Crippen LogP contribution in [-0.2, 0) is 9.59 Å². The Bertz CT molecular complexity index is 429. The number of benzene rings is 1. The fourth-order valence-electron chi connectivity index (χ4n) is 1.90. The van der Waals surface area contributed by atoms with Gasteiger partial charge in [0.05, 0.1) is 6.04 Å². The monoisotopic (exact) mass is 218 g/mol. The van der Waals surface area contributed by atoms with E-state index in [-0.39, 0.29) is 17.9 Å². The van der Waals surface area contributed by atoms with Crippen molar-refractivity contribution in [3.05, 3.63) is 29.8 Å². The number of rotatable bonds is 2. The van der Waals surface area contributed by atoms with Crippen molar-refractivity contribution in [1.82, 2.24) is 5.32 Å². The van der Waals surface area contributed by atoms with Crippen LogP contribution in [0, 0.1) is 0 Å². The maximum atomic E-state index is 11.1. The van der Waals surface area contributed by atoms with Crippen LogP contribution in [0.1, 0.15) is 31.4 Å². The van der Waals surface area contributed by atoms with E-state index < -0.39 is 0 Å². The minimum Gasteiger partial charge on any atom is -0.349 e. The Morgan fingerprint density at radius 2 is 2.31 bits per heavy atom. The summed E-state index contributed by atoms with van der Waals surface area (Å²) in [4.78, 5) is 22.0. The van der Waals surface area contributed by atoms with E-state index in [9.17, 15) is 9.59 Å². The Morgan fingerprint density at radius 1 is 1.50 bits per heavy atom. The molecule has 2 rings (SSSR count). The first kappa shape index (κ1) is 10.7. The molecule has 16 heavy (non-hydrogen) atoms. The van der Waals surface area contributed by atoms with Crippen molar-refractivity contribution >= 4 is 17.5 Å². The third-order valence-electron chi connectivity index (χ3n) is 2.60. The van der Waals surface area contributed by atoms with Crippen LogP contribution in [0.4, 0.5) is 5.69 Å². The largest absolute Gasteiger partial charge is 0.349 e. The zero-order chi connectivity index (χ0) is 11.5. The summed E-state index contributed by atoms with van der Waals surface area (Å²) in [5.74, 6) is 0.00235. The van der Waals surface area contributed by atoms with Crippen molar-refractivity contribution in [2.24, 2.45) is 0 Å². The van der Waals surface area contributed by atoms with Crippen molar-refractivity contribution in [1.29, 1.82) is 0 Å². The second kappa shape index (κ2) is 4.35. The molecule has 0 saturated carbocycles. The lowest BCUT2D eigenvalue weighted by molar-refractivity contribution is -0.119. The lowest BCUT2D eigenvalue weighted by Gasteiger charge is -2.11. The molecule has 0 bridgehead atoms. The lowest BCUT2D eigenvalue weighted by atomic mass is 10.0. The van der Waals surface area contributed by atoms with Crippen molar-refractivity contribution in [3.8, 4) is 0 Å². The topological polar surface area (TPSA) is 58.2 Å². The smallest absolute Gasteiger partial charge is 0.221 e. The molecule has 0 spiro atoms. The Labute approximate surface area is 94.0 Å². The van der Waals surface area contributed by atoms with Gasteiger partial charge < -0.3 is 10.6 Å². The number of carbonyl (C=O) groups excluding carboxylic acids is 2. The average molecular weight is 218 g/mol. The van der Waals surface area contributed by atoms with Crippen LogP contribution in [0.5, 0.6) is 0 Å². The number of nitrogens with one attached hydrogen (secondary N) is 2. The van der Waals surface area contributed by atoms with Gasteiger partial charge in [0.15, 0.2) is 0 Å². The maximum Gasteiger partial charge on any atom is 0.221 e. The SMILES string of the molecule is CC(=O)Nc1cccc(C2CCC(=O)N2)c1. The molecule has 4 nitrogen and oxygen atoms in total. The molecule has 1 aliphatic heterocycles. The summed E-state index contributed by atoms with van der Waals surface area (Å²) < 4.78 is 0. The first-order valence-corrected chi connectivity index (χ1v) is 5.32. The maximum absolute atomic E-state index is 11.1. The number of hydrogen-bond acceptors (Lipinski definition) is 2. The fraction of sp³-hybridized carbons (Fsp3) is 0.333. The molecule has 1 aromatic carbocycles. The summed E-state index contributed by atoms with van der Waals surface area (Å²) in [6, 6.07) is 7.66. The third kappa shape index (κ3) is 2.39. The van der Waals surface area contributed by atoms with Gasteiger partial charge >= 0.3 is 0 Å². The van der Waals surface area contributed by atoms with E-state index in [1.165, 1.54) is 6.92 Å². The summed E-state index contributed by atoms with van der Waals surface area (Å²) >= 11 is 0. The Hall–Kier alpha value is -1.84. The standard InChI is InChI=1S/C12H14N2O2/c1-8(15)13-10-4-2-3-9(7-10)11-5-6-12(16)14-11/h2-4,7,11H,5-6H2,1H3,(H,13,15)(H,14,16). The van der Waals surface area contributed by atoms with Crippen molar-refractivity contribution in [2.45, 2.75) is 25.8 Å². The quantitative estimate of drug-likeness (QED) is 0.792. The molecule has 1 heterocycles. The summed E-state index contributed by atoms with van der Waals surface area (Å²) in [7, 11) is 0. The van der Waals surface area contributed by atoms with Crippen molar-refractivity contribution < 1.29 is 9.59 Å². The van der Waals surface area contributed by atoms with Crippen LogP contribution in [0.2, 0.25) is 0 Å². The average Bonchev–Trinajstić information content (AvgIpc) is 2.64. The van der Waals surface area contributed by atoms with Crippen LogP contribution in [0.15, 0.2) is 24.3 Å². The predicted octanol–water partition coefficient (Wildman–Crippen LogP) is 1.60. The van der Waals surface area contributed by atoms with E-state index in [1.807, 2.05) is 24.3 Å². The molecule has 84 valence electrons. The van der Waals surface area contributed by atoms with E-state index in [0.29, 0.717) is 6.42 Å². The first-order chi connectivity index (χ1) is 7.65. The third-order valence-corrected chi connectivity index (χ3v) is 2.60. The first-order valence-electron chi connectivity index (χ1n) is 5.32. The number of hydrogen-bond donors (Lipinski definition) is 2. The molecule has 1 fully saturated rings. The second-order valence-corrected chi connectivity index (χ2v) is 3.97. The van der Waals surface area contributed by atoms with Crippen molar-refractivity contribution in [3.63, 3.8) is 0 Å². The van der Waals surface area contributed by atoms with Gasteiger partial charge in [-0.3, -0.25) is 9.59 Å². The molecule has 1 unspecified atom stereocenters. The summed E-state index contributed by atoms with van der Waals surface area (Å²) in [5.41, 5.74) is 1.81. The molecule has 2 N–H and O–H groups in total. The molecule has 1 aromatic rings. The molecular formula is C12H14N2O2. The van der Waals surface area contributed by atoms with Crippen LogP contribution < -0.4 is 10.6 Å². The van der Waals surface area contributed by atoms with E-state index in [4.69, 9.17) is 0 Å². The normalized spacial score (nSPS) is 19.3. The second-order valence-electron chi connectivity index (χ2n) is 3.97. The van der Waals surface area contributed by atoms with Gasteiger partial charge in [-0.25, -0.2) is 0 Å². The number of amides is 2. The number of carbonyl (C=O) groups is 2. The van der Waals surface area contributed by atoms with E-state index >= 15 is 0 Å². The van der Waals surface area contributed by atoms with Gasteiger partial charge in [-0.15, -0.1) is 0 Å². The minimum absolute atomic E-state index is 0.0845. The van der Waals surface area contributed by atoms with E-state index in [2.05, 4.69) is 10.6 Å². The molecule has 0 aliphatic carbocycles. The van der Waals surface area contributed by atoms with Crippen LogP contribution >= 0.6 is 0 Å². The highest BCUT2D eigenvalue weighted by Crippen LogP contribution is 2.25. The van der Waals surface area contributed by atoms with Crippen LogP contribution in [0.3, 0.4) is 0 Å². The Morgan fingerprint density at radius 3 is 2.94 bits per heavy atom. The van der Waals surface area contributed by atoms with Crippen LogP contribution in [0.25, 0.3) is 0 Å². The Balaban J connectivity index is 2.15. The molecule has 1 aliphatic rings. The van der Waals surface area contributed by atoms with Gasteiger partial charge in [0.2, 0.25) is 11.8 Å². The van der Waals surface area contributed by atoms with Crippen molar-refractivity contribution in [2.75, 3.05) is 5.32 Å². The molecule has 1 saturated heterocycles. The predicted molar refractivity (Wildman–Crippen MR) is 60.9 cm³/mol. The zero-order valence-electron chi connectivity index (χ0n) is 9.12. The number of anilines is 1. The molecule has 2 amide bonds. The van der Waals surface area contributed by atoms with Gasteiger partial charge in [-0.05, 0) is 24.1 Å². The van der Waals surface area contributed by atoms with Gasteiger partial charge in [0.25, 0.3) is 0 Å². The lowest BCUT2D eigenvalue weighted by Crippen LogP contribution is -2.18. The summed E-state index contributed by atoms with van der Waals surface area (Å²) in [6.45, 7) is 1.48. The highest BCUT2D eigenvalue weighted by atomic mass is 16.2. The summed E-state index contributed by atoms with van der Waals surface area (Å²) in [6.07, 6.45) is 1.40. The van der Waals surface area contributed by atoms with Gasteiger partial charge in [-0.1, -0.05) is 12.1 Å².